The Bertz CT molecular complexity index is 132. The highest BCUT2D eigenvalue weighted by atomic mass is 35.5. The molecule has 1 nitrogen and oxygen atoms in total. The zero-order valence-electron chi connectivity index (χ0n) is 4.87. The van der Waals surface area contributed by atoms with E-state index < -0.39 is 9.93 Å². The quantitative estimate of drug-likeness (QED) is 0.577. The van der Waals surface area contributed by atoms with Crippen molar-refractivity contribution in [2.45, 2.75) is 28.7 Å². The van der Waals surface area contributed by atoms with Crippen LogP contribution in [-0.4, -0.2) is 20.4 Å². The van der Waals surface area contributed by atoms with Gasteiger partial charge in [0.05, 0.1) is 11.0 Å². The Balaban J connectivity index is 2.70. The Kier molecular flexibility index (Phi) is 1.68. The molecule has 0 amide bonds. The fraction of sp³-hybridized carbons (Fsp3) is 1.00. The molecular formula is C5H7Cl3O. The molecular weight excluding hydrogens is 182 g/mol. The number of alkyl halides is 3. The lowest BCUT2D eigenvalue weighted by atomic mass is 9.80. The van der Waals surface area contributed by atoms with E-state index in [-0.39, 0.29) is 5.38 Å². The first kappa shape index (κ1) is 7.93. The lowest BCUT2D eigenvalue weighted by molar-refractivity contribution is -0.0225. The first-order chi connectivity index (χ1) is 3.88. The second kappa shape index (κ2) is 1.91. The molecule has 0 radical (unpaired) electrons. The molecule has 0 aromatic carbocycles. The average molecular weight is 189 g/mol. The molecule has 4 heteroatoms. The van der Waals surface area contributed by atoms with Gasteiger partial charge in [-0.25, -0.2) is 0 Å². The molecule has 1 aliphatic rings. The van der Waals surface area contributed by atoms with Crippen molar-refractivity contribution in [1.29, 1.82) is 0 Å². The van der Waals surface area contributed by atoms with Gasteiger partial charge in [-0.2, -0.15) is 0 Å². The van der Waals surface area contributed by atoms with Crippen molar-refractivity contribution in [3.05, 3.63) is 0 Å². The van der Waals surface area contributed by atoms with Crippen LogP contribution in [0.1, 0.15) is 13.3 Å². The third kappa shape index (κ3) is 0.949. The van der Waals surface area contributed by atoms with Crippen molar-refractivity contribution in [2.75, 3.05) is 0 Å². The molecule has 1 fully saturated rings. The van der Waals surface area contributed by atoms with Crippen molar-refractivity contribution >= 4 is 34.8 Å². The summed E-state index contributed by atoms with van der Waals surface area (Å²) in [5.74, 6) is 0. The van der Waals surface area contributed by atoms with Gasteiger partial charge >= 0.3 is 0 Å². The molecule has 1 saturated carbocycles. The zero-order chi connectivity index (χ0) is 7.28. The van der Waals surface area contributed by atoms with E-state index in [2.05, 4.69) is 0 Å². The van der Waals surface area contributed by atoms with Crippen LogP contribution >= 0.6 is 34.8 Å². The van der Waals surface area contributed by atoms with Crippen LogP contribution in [0.3, 0.4) is 0 Å². The molecule has 1 aliphatic carbocycles. The topological polar surface area (TPSA) is 20.2 Å². The van der Waals surface area contributed by atoms with Gasteiger partial charge in [0.25, 0.3) is 0 Å². The molecule has 0 spiro atoms. The van der Waals surface area contributed by atoms with E-state index >= 15 is 0 Å². The lowest BCUT2D eigenvalue weighted by Gasteiger charge is -2.49. The van der Waals surface area contributed by atoms with Gasteiger partial charge in [-0.1, -0.05) is 23.2 Å². The Morgan fingerprint density at radius 1 is 1.56 bits per heavy atom. The minimum Gasteiger partial charge on any atom is -0.387 e. The molecule has 9 heavy (non-hydrogen) atoms. The summed E-state index contributed by atoms with van der Waals surface area (Å²) < 4.78 is -1.16. The highest BCUT2D eigenvalue weighted by Crippen LogP contribution is 2.53. The molecule has 2 unspecified atom stereocenters. The molecule has 0 aliphatic heterocycles. The van der Waals surface area contributed by atoms with Crippen LogP contribution in [-0.2, 0) is 0 Å². The van der Waals surface area contributed by atoms with Gasteiger partial charge in [-0.15, -0.1) is 11.6 Å². The van der Waals surface area contributed by atoms with Crippen LogP contribution in [0.25, 0.3) is 0 Å². The van der Waals surface area contributed by atoms with Crippen molar-refractivity contribution in [3.63, 3.8) is 0 Å². The summed E-state index contributed by atoms with van der Waals surface area (Å²) in [6.07, 6.45) is 0.460. The van der Waals surface area contributed by atoms with Crippen LogP contribution in [0.4, 0.5) is 0 Å². The van der Waals surface area contributed by atoms with E-state index in [1.807, 2.05) is 0 Å². The second-order valence-electron chi connectivity index (χ2n) is 2.57. The van der Waals surface area contributed by atoms with Crippen LogP contribution in [0.2, 0.25) is 0 Å². The maximum Gasteiger partial charge on any atom is 0.162 e. The molecule has 1 rings (SSSR count). The van der Waals surface area contributed by atoms with E-state index in [1.165, 1.54) is 0 Å². The van der Waals surface area contributed by atoms with Gasteiger partial charge in [-0.05, 0) is 13.3 Å². The Morgan fingerprint density at radius 2 is 2.00 bits per heavy atom. The molecule has 1 N–H and O–H groups in total. The van der Waals surface area contributed by atoms with Crippen LogP contribution in [0, 0.1) is 0 Å². The summed E-state index contributed by atoms with van der Waals surface area (Å²) in [7, 11) is 0. The lowest BCUT2D eigenvalue weighted by Crippen LogP contribution is -2.61. The summed E-state index contributed by atoms with van der Waals surface area (Å²) >= 11 is 16.9. The van der Waals surface area contributed by atoms with E-state index in [9.17, 15) is 5.11 Å². The maximum atomic E-state index is 9.26. The third-order valence-corrected chi connectivity index (χ3v) is 3.73. The number of hydrogen-bond donors (Lipinski definition) is 1. The van der Waals surface area contributed by atoms with Crippen molar-refractivity contribution in [3.8, 4) is 0 Å². The minimum atomic E-state index is -1.16. The second-order valence-corrected chi connectivity index (χ2v) is 4.48. The fourth-order valence-corrected chi connectivity index (χ4v) is 1.66. The van der Waals surface area contributed by atoms with Crippen LogP contribution < -0.4 is 0 Å². The summed E-state index contributed by atoms with van der Waals surface area (Å²) in [5.41, 5.74) is -1.01. The SMILES string of the molecule is CC1(O)CC(Cl)C1(Cl)Cl. The Morgan fingerprint density at radius 3 is 2.00 bits per heavy atom. The first-order valence-corrected chi connectivity index (χ1v) is 3.81. The summed E-state index contributed by atoms with van der Waals surface area (Å²) in [6.45, 7) is 1.58. The van der Waals surface area contributed by atoms with Crippen LogP contribution in [0.5, 0.6) is 0 Å². The summed E-state index contributed by atoms with van der Waals surface area (Å²) in [4.78, 5) is 0. The van der Waals surface area contributed by atoms with E-state index in [0.29, 0.717) is 6.42 Å². The van der Waals surface area contributed by atoms with Crippen molar-refractivity contribution in [1.82, 2.24) is 0 Å². The smallest absolute Gasteiger partial charge is 0.162 e. The fourth-order valence-electron chi connectivity index (χ4n) is 0.820. The molecule has 54 valence electrons. The monoisotopic (exact) mass is 188 g/mol. The van der Waals surface area contributed by atoms with Gasteiger partial charge in [0.15, 0.2) is 4.33 Å². The third-order valence-electron chi connectivity index (χ3n) is 1.69. The molecule has 0 saturated heterocycles. The molecule has 0 heterocycles. The number of rotatable bonds is 0. The van der Waals surface area contributed by atoms with E-state index in [4.69, 9.17) is 34.8 Å². The zero-order valence-corrected chi connectivity index (χ0v) is 7.13. The average Bonchev–Trinajstić information content (AvgIpc) is 1.65. The van der Waals surface area contributed by atoms with Crippen molar-refractivity contribution < 1.29 is 5.11 Å². The number of hydrogen-bond acceptors (Lipinski definition) is 1. The Hall–Kier alpha value is 0.830. The molecule has 0 aromatic heterocycles. The summed E-state index contributed by atoms with van der Waals surface area (Å²) in [6, 6.07) is 0. The largest absolute Gasteiger partial charge is 0.387 e. The van der Waals surface area contributed by atoms with Gasteiger partial charge in [0.2, 0.25) is 0 Å². The predicted octanol–water partition coefficient (Wildman–Crippen LogP) is 1.92. The number of halogens is 3. The first-order valence-electron chi connectivity index (χ1n) is 2.62. The molecule has 2 atom stereocenters. The van der Waals surface area contributed by atoms with Crippen LogP contribution in [0.15, 0.2) is 0 Å². The molecule has 0 bridgehead atoms. The van der Waals surface area contributed by atoms with Gasteiger partial charge in [0.1, 0.15) is 0 Å². The minimum absolute atomic E-state index is 0.323. The normalized spacial score (nSPS) is 48.3. The predicted molar refractivity (Wildman–Crippen MR) is 39.3 cm³/mol. The highest BCUT2D eigenvalue weighted by Gasteiger charge is 2.60. The highest BCUT2D eigenvalue weighted by molar-refractivity contribution is 6.54. The maximum absolute atomic E-state index is 9.26. The van der Waals surface area contributed by atoms with E-state index in [1.54, 1.807) is 6.92 Å². The molecule has 0 aromatic rings. The van der Waals surface area contributed by atoms with Crippen molar-refractivity contribution in [2.24, 2.45) is 0 Å². The van der Waals surface area contributed by atoms with Gasteiger partial charge < -0.3 is 5.11 Å². The summed E-state index contributed by atoms with van der Waals surface area (Å²) in [5, 5.41) is 8.94. The van der Waals surface area contributed by atoms with Gasteiger partial charge in [-0.3, -0.25) is 0 Å². The van der Waals surface area contributed by atoms with E-state index in [0.717, 1.165) is 0 Å². The van der Waals surface area contributed by atoms with Gasteiger partial charge in [0, 0.05) is 0 Å². The Labute approximate surface area is 68.9 Å². The number of aliphatic hydroxyl groups is 1. The standard InChI is InChI=1S/C5H7Cl3O/c1-4(9)2-3(6)5(4,7)8/h3,9H,2H2,1H3.